The molecule has 0 unspecified atom stereocenters. The van der Waals surface area contributed by atoms with Crippen molar-refractivity contribution in [1.82, 2.24) is 0 Å². The fourth-order valence-electron chi connectivity index (χ4n) is 1.82. The van der Waals surface area contributed by atoms with E-state index in [1.807, 2.05) is 0 Å². The molecule has 25 heavy (non-hydrogen) atoms. The number of oxime groups is 1. The molecule has 7 nitrogen and oxygen atoms in total. The standard InChI is InChI=1S/C16H13Cl2N3O4/c1-10-2-7-13(17)16(15(10)18)20-14(22)9-25-19-8-11-3-5-12(6-4-11)21(23)24/h2-8H,9H2,1H3,(H,20,22)/b19-8+. The first kappa shape index (κ1) is 18.7. The van der Waals surface area contributed by atoms with Crippen LogP contribution in [0.3, 0.4) is 0 Å². The number of non-ortho nitro benzene ring substituents is 1. The fraction of sp³-hybridized carbons (Fsp3) is 0.125. The number of rotatable bonds is 6. The van der Waals surface area contributed by atoms with Gasteiger partial charge in [-0.25, -0.2) is 0 Å². The van der Waals surface area contributed by atoms with Gasteiger partial charge in [0, 0.05) is 12.1 Å². The molecule has 0 saturated carbocycles. The second-order valence-corrected chi connectivity index (χ2v) is 5.74. The fourth-order valence-corrected chi connectivity index (χ4v) is 2.29. The zero-order valence-electron chi connectivity index (χ0n) is 13.0. The van der Waals surface area contributed by atoms with Crippen LogP contribution in [-0.4, -0.2) is 23.7 Å². The Morgan fingerprint density at radius 1 is 1.28 bits per heavy atom. The van der Waals surface area contributed by atoms with Gasteiger partial charge in [-0.1, -0.05) is 34.4 Å². The molecule has 130 valence electrons. The van der Waals surface area contributed by atoms with Gasteiger partial charge in [-0.15, -0.1) is 0 Å². The molecule has 0 aliphatic carbocycles. The highest BCUT2D eigenvalue weighted by molar-refractivity contribution is 6.40. The first-order valence-electron chi connectivity index (χ1n) is 7.02. The Kier molecular flexibility index (Phi) is 6.32. The molecule has 0 aromatic heterocycles. The SMILES string of the molecule is Cc1ccc(Cl)c(NC(=O)CO/N=C/c2ccc([N+](=O)[O-])cc2)c1Cl. The summed E-state index contributed by atoms with van der Waals surface area (Å²) in [6.07, 6.45) is 1.34. The molecular weight excluding hydrogens is 369 g/mol. The van der Waals surface area contributed by atoms with E-state index >= 15 is 0 Å². The lowest BCUT2D eigenvalue weighted by molar-refractivity contribution is -0.384. The highest BCUT2D eigenvalue weighted by Gasteiger charge is 2.12. The van der Waals surface area contributed by atoms with Crippen molar-refractivity contribution in [2.24, 2.45) is 5.16 Å². The minimum absolute atomic E-state index is 0.0237. The second-order valence-electron chi connectivity index (χ2n) is 4.96. The van der Waals surface area contributed by atoms with Gasteiger partial charge >= 0.3 is 0 Å². The summed E-state index contributed by atoms with van der Waals surface area (Å²) < 4.78 is 0. The predicted molar refractivity (Wildman–Crippen MR) is 96.5 cm³/mol. The van der Waals surface area contributed by atoms with E-state index in [0.717, 1.165) is 5.56 Å². The average Bonchev–Trinajstić information content (AvgIpc) is 2.59. The van der Waals surface area contributed by atoms with Crippen molar-refractivity contribution >= 4 is 46.7 Å². The molecule has 1 amide bonds. The highest BCUT2D eigenvalue weighted by Crippen LogP contribution is 2.32. The number of hydrogen-bond acceptors (Lipinski definition) is 5. The molecule has 0 aliphatic rings. The molecule has 9 heteroatoms. The van der Waals surface area contributed by atoms with Crippen LogP contribution >= 0.6 is 23.2 Å². The molecule has 0 atom stereocenters. The van der Waals surface area contributed by atoms with Gasteiger partial charge < -0.3 is 10.2 Å². The lowest BCUT2D eigenvalue weighted by Crippen LogP contribution is -2.17. The highest BCUT2D eigenvalue weighted by atomic mass is 35.5. The van der Waals surface area contributed by atoms with Crippen molar-refractivity contribution in [1.29, 1.82) is 0 Å². The minimum Gasteiger partial charge on any atom is -0.386 e. The molecule has 2 aromatic rings. The number of benzene rings is 2. The zero-order valence-corrected chi connectivity index (χ0v) is 14.5. The number of carbonyl (C=O) groups excluding carboxylic acids is 1. The summed E-state index contributed by atoms with van der Waals surface area (Å²) in [5.41, 5.74) is 1.66. The van der Waals surface area contributed by atoms with Crippen molar-refractivity contribution in [2.45, 2.75) is 6.92 Å². The summed E-state index contributed by atoms with van der Waals surface area (Å²) in [4.78, 5) is 26.8. The van der Waals surface area contributed by atoms with E-state index in [1.54, 1.807) is 19.1 Å². The third kappa shape index (κ3) is 5.17. The van der Waals surface area contributed by atoms with Gasteiger partial charge in [-0.05, 0) is 36.2 Å². The number of nitro groups is 1. The molecular formula is C16H13Cl2N3O4. The molecule has 0 fully saturated rings. The van der Waals surface area contributed by atoms with E-state index in [0.29, 0.717) is 21.3 Å². The smallest absolute Gasteiger partial charge is 0.269 e. The quantitative estimate of drug-likeness (QED) is 0.460. The number of nitrogens with zero attached hydrogens (tertiary/aromatic N) is 2. The Bertz CT molecular complexity index is 823. The van der Waals surface area contributed by atoms with Gasteiger partial charge in [0.2, 0.25) is 0 Å². The summed E-state index contributed by atoms with van der Waals surface area (Å²) in [7, 11) is 0. The average molecular weight is 382 g/mol. The van der Waals surface area contributed by atoms with Crippen LogP contribution in [0.1, 0.15) is 11.1 Å². The summed E-state index contributed by atoms with van der Waals surface area (Å²) >= 11 is 12.1. The van der Waals surface area contributed by atoms with Crippen molar-refractivity contribution in [3.8, 4) is 0 Å². The number of carbonyl (C=O) groups is 1. The molecule has 0 aliphatic heterocycles. The third-order valence-corrected chi connectivity index (χ3v) is 3.93. The molecule has 0 spiro atoms. The van der Waals surface area contributed by atoms with E-state index in [1.165, 1.54) is 30.5 Å². The molecule has 2 rings (SSSR count). The zero-order chi connectivity index (χ0) is 18.4. The molecule has 0 saturated heterocycles. The van der Waals surface area contributed by atoms with Gasteiger partial charge in [0.15, 0.2) is 6.61 Å². The first-order chi connectivity index (χ1) is 11.9. The van der Waals surface area contributed by atoms with Crippen LogP contribution < -0.4 is 5.32 Å². The van der Waals surface area contributed by atoms with Crippen molar-refractivity contribution < 1.29 is 14.6 Å². The monoisotopic (exact) mass is 381 g/mol. The normalized spacial score (nSPS) is 10.7. The van der Waals surface area contributed by atoms with Crippen LogP contribution in [0.5, 0.6) is 0 Å². The molecule has 2 aromatic carbocycles. The van der Waals surface area contributed by atoms with Crippen LogP contribution in [0.25, 0.3) is 0 Å². The van der Waals surface area contributed by atoms with Crippen LogP contribution in [0.2, 0.25) is 10.0 Å². The Morgan fingerprint density at radius 2 is 1.96 bits per heavy atom. The summed E-state index contributed by atoms with van der Waals surface area (Å²) in [6.45, 7) is 1.45. The van der Waals surface area contributed by atoms with E-state index in [4.69, 9.17) is 28.0 Å². The number of hydrogen-bond donors (Lipinski definition) is 1. The second kappa shape index (κ2) is 8.46. The van der Waals surface area contributed by atoms with E-state index < -0.39 is 10.8 Å². The number of anilines is 1. The first-order valence-corrected chi connectivity index (χ1v) is 7.78. The van der Waals surface area contributed by atoms with Gasteiger partial charge in [-0.2, -0.15) is 0 Å². The summed E-state index contributed by atoms with van der Waals surface area (Å²) in [5, 5.41) is 17.4. The largest absolute Gasteiger partial charge is 0.386 e. The number of amides is 1. The Hall–Kier alpha value is -2.64. The van der Waals surface area contributed by atoms with Gasteiger partial charge in [0.1, 0.15) is 0 Å². The topological polar surface area (TPSA) is 93.8 Å². The van der Waals surface area contributed by atoms with Crippen LogP contribution in [0.15, 0.2) is 41.6 Å². The Morgan fingerprint density at radius 3 is 2.60 bits per heavy atom. The minimum atomic E-state index is -0.497. The van der Waals surface area contributed by atoms with E-state index in [9.17, 15) is 14.9 Å². The molecule has 0 heterocycles. The van der Waals surface area contributed by atoms with E-state index in [2.05, 4.69) is 10.5 Å². The number of halogens is 2. The third-order valence-electron chi connectivity index (χ3n) is 3.12. The van der Waals surface area contributed by atoms with Crippen molar-refractivity contribution in [2.75, 3.05) is 11.9 Å². The van der Waals surface area contributed by atoms with Crippen LogP contribution in [-0.2, 0) is 9.63 Å². The maximum absolute atomic E-state index is 11.9. The summed E-state index contributed by atoms with van der Waals surface area (Å²) in [6, 6.07) is 9.08. The lowest BCUT2D eigenvalue weighted by atomic mass is 10.2. The maximum Gasteiger partial charge on any atom is 0.269 e. The maximum atomic E-state index is 11.9. The van der Waals surface area contributed by atoms with Gasteiger partial charge in [0.05, 0.1) is 26.9 Å². The van der Waals surface area contributed by atoms with Crippen molar-refractivity contribution in [3.05, 3.63) is 67.7 Å². The Labute approximate surface area is 153 Å². The number of nitro benzene ring substituents is 1. The molecule has 0 bridgehead atoms. The molecule has 0 radical (unpaired) electrons. The van der Waals surface area contributed by atoms with Gasteiger partial charge in [0.25, 0.3) is 11.6 Å². The number of aryl methyl sites for hydroxylation is 1. The number of nitrogens with one attached hydrogen (secondary N) is 1. The van der Waals surface area contributed by atoms with Gasteiger partial charge in [-0.3, -0.25) is 14.9 Å². The van der Waals surface area contributed by atoms with Crippen LogP contribution in [0, 0.1) is 17.0 Å². The Balaban J connectivity index is 1.88. The van der Waals surface area contributed by atoms with Crippen LogP contribution in [0.4, 0.5) is 11.4 Å². The predicted octanol–water partition coefficient (Wildman–Crippen LogP) is 4.20. The summed E-state index contributed by atoms with van der Waals surface area (Å²) in [5.74, 6) is -0.477. The van der Waals surface area contributed by atoms with Crippen molar-refractivity contribution in [3.63, 3.8) is 0 Å². The van der Waals surface area contributed by atoms with E-state index in [-0.39, 0.29) is 12.3 Å². The molecule has 1 N–H and O–H groups in total. The lowest BCUT2D eigenvalue weighted by Gasteiger charge is -2.10.